The Labute approximate surface area is 177 Å². The van der Waals surface area contributed by atoms with E-state index in [1.807, 2.05) is 11.4 Å². The van der Waals surface area contributed by atoms with Crippen LogP contribution in [-0.4, -0.2) is 36.8 Å². The molecule has 0 aliphatic carbocycles. The molecular weight excluding hydrogens is 416 g/mol. The molecule has 2 aromatic heterocycles. The number of amides is 1. The molecule has 0 saturated carbocycles. The number of hydrogen-bond donors (Lipinski definition) is 1. The van der Waals surface area contributed by atoms with Crippen molar-refractivity contribution < 1.29 is 23.8 Å². The maximum absolute atomic E-state index is 12.8. The van der Waals surface area contributed by atoms with Crippen LogP contribution in [0, 0.1) is 0 Å². The van der Waals surface area contributed by atoms with Gasteiger partial charge in [0.15, 0.2) is 0 Å². The highest BCUT2D eigenvalue weighted by molar-refractivity contribution is 7.16. The van der Waals surface area contributed by atoms with Gasteiger partial charge in [0.05, 0.1) is 31.0 Å². The van der Waals surface area contributed by atoms with Crippen molar-refractivity contribution in [3.63, 3.8) is 0 Å². The molecule has 0 atom stereocenters. The number of nitrogens with one attached hydrogen (secondary N) is 1. The molecule has 0 unspecified atom stereocenters. The summed E-state index contributed by atoms with van der Waals surface area (Å²) in [7, 11) is 2.98. The van der Waals surface area contributed by atoms with Crippen molar-refractivity contribution in [2.75, 3.05) is 19.5 Å². The van der Waals surface area contributed by atoms with Crippen LogP contribution in [0.5, 0.6) is 11.5 Å². The molecular formula is C20H21ClN2O5S. The molecule has 0 spiro atoms. The van der Waals surface area contributed by atoms with E-state index >= 15 is 0 Å². The van der Waals surface area contributed by atoms with Crippen molar-refractivity contribution in [2.24, 2.45) is 0 Å². The minimum absolute atomic E-state index is 0.0701. The summed E-state index contributed by atoms with van der Waals surface area (Å²) >= 11 is 7.61. The number of hydrogen-bond acceptors (Lipinski definition) is 6. The zero-order chi connectivity index (χ0) is 21.1. The Kier molecular flexibility index (Phi) is 6.34. The van der Waals surface area contributed by atoms with E-state index in [4.69, 9.17) is 25.8 Å². The van der Waals surface area contributed by atoms with Gasteiger partial charge in [0.1, 0.15) is 28.6 Å². The number of rotatable bonds is 7. The summed E-state index contributed by atoms with van der Waals surface area (Å²) in [4.78, 5) is 26.1. The lowest BCUT2D eigenvalue weighted by Crippen LogP contribution is -2.23. The van der Waals surface area contributed by atoms with Crippen molar-refractivity contribution in [3.05, 3.63) is 40.4 Å². The van der Waals surface area contributed by atoms with Crippen LogP contribution >= 0.6 is 22.9 Å². The zero-order valence-corrected chi connectivity index (χ0v) is 18.0. The third kappa shape index (κ3) is 4.49. The van der Waals surface area contributed by atoms with Crippen LogP contribution in [0.1, 0.15) is 24.3 Å². The molecule has 3 rings (SSSR count). The van der Waals surface area contributed by atoms with Crippen LogP contribution in [-0.2, 0) is 16.1 Å². The third-order valence-electron chi connectivity index (χ3n) is 4.10. The Morgan fingerprint density at radius 3 is 2.55 bits per heavy atom. The van der Waals surface area contributed by atoms with Crippen LogP contribution in [0.3, 0.4) is 0 Å². The molecule has 9 heteroatoms. The Morgan fingerprint density at radius 1 is 1.17 bits per heavy atom. The Hall–Kier alpha value is -2.71. The van der Waals surface area contributed by atoms with Gasteiger partial charge in [-0.05, 0) is 37.4 Å². The molecule has 1 aromatic carbocycles. The summed E-state index contributed by atoms with van der Waals surface area (Å²) in [6.45, 7) is 3.49. The van der Waals surface area contributed by atoms with Crippen molar-refractivity contribution >= 4 is 50.7 Å². The lowest BCUT2D eigenvalue weighted by atomic mass is 10.2. The molecule has 0 aliphatic heterocycles. The number of thiophene rings is 1. The summed E-state index contributed by atoms with van der Waals surface area (Å²) < 4.78 is 17.4. The largest absolute Gasteiger partial charge is 0.495 e. The quantitative estimate of drug-likeness (QED) is 0.548. The molecule has 0 bridgehead atoms. The summed E-state index contributed by atoms with van der Waals surface area (Å²) in [6.07, 6.45) is -0.261. The molecule has 1 amide bonds. The predicted octanol–water partition coefficient (Wildman–Crippen LogP) is 4.58. The molecule has 0 radical (unpaired) electrons. The van der Waals surface area contributed by atoms with Gasteiger partial charge in [0.25, 0.3) is 0 Å². The molecule has 2 heterocycles. The van der Waals surface area contributed by atoms with Gasteiger partial charge in [-0.2, -0.15) is 0 Å². The van der Waals surface area contributed by atoms with E-state index in [2.05, 4.69) is 5.32 Å². The number of halogens is 1. The van der Waals surface area contributed by atoms with Crippen molar-refractivity contribution in [2.45, 2.75) is 26.5 Å². The Bertz CT molecular complexity index is 1060. The van der Waals surface area contributed by atoms with Gasteiger partial charge in [-0.25, -0.2) is 4.79 Å². The maximum atomic E-state index is 12.8. The number of fused-ring (bicyclic) bond motifs is 1. The zero-order valence-electron chi connectivity index (χ0n) is 16.4. The molecule has 29 heavy (non-hydrogen) atoms. The average molecular weight is 437 g/mol. The smallest absolute Gasteiger partial charge is 0.355 e. The number of nitrogens with zero attached hydrogens (tertiary/aromatic N) is 1. The van der Waals surface area contributed by atoms with Gasteiger partial charge in [-0.3, -0.25) is 4.79 Å². The van der Waals surface area contributed by atoms with Crippen molar-refractivity contribution in [3.8, 4) is 11.5 Å². The fourth-order valence-electron chi connectivity index (χ4n) is 2.87. The van der Waals surface area contributed by atoms with Gasteiger partial charge in [-0.15, -0.1) is 11.3 Å². The summed E-state index contributed by atoms with van der Waals surface area (Å²) in [6, 6.07) is 6.78. The monoisotopic (exact) mass is 436 g/mol. The standard InChI is InChI=1S/C20H21ClN2O5S/c1-11(2)28-20(25)15-7-12-5-6-29-19(12)23(15)10-18(24)22-14-8-13(21)16(26-3)9-17(14)27-4/h5-9,11H,10H2,1-4H3,(H,22,24). The van der Waals surface area contributed by atoms with Gasteiger partial charge in [0.2, 0.25) is 5.91 Å². The highest BCUT2D eigenvalue weighted by atomic mass is 35.5. The lowest BCUT2D eigenvalue weighted by molar-refractivity contribution is -0.116. The molecule has 7 nitrogen and oxygen atoms in total. The van der Waals surface area contributed by atoms with E-state index in [1.54, 1.807) is 36.6 Å². The normalized spacial score (nSPS) is 11.0. The van der Waals surface area contributed by atoms with Crippen LogP contribution < -0.4 is 14.8 Å². The first-order valence-electron chi connectivity index (χ1n) is 8.83. The third-order valence-corrected chi connectivity index (χ3v) is 5.35. The molecule has 1 N–H and O–H groups in total. The minimum atomic E-state index is -0.471. The Balaban J connectivity index is 1.88. The number of carbonyl (C=O) groups excluding carboxylic acids is 2. The highest BCUT2D eigenvalue weighted by Crippen LogP contribution is 2.36. The van der Waals surface area contributed by atoms with Crippen LogP contribution in [0.15, 0.2) is 29.6 Å². The number of benzene rings is 1. The molecule has 0 saturated heterocycles. The first-order valence-corrected chi connectivity index (χ1v) is 10.1. The fourth-order valence-corrected chi connectivity index (χ4v) is 4.00. The second-order valence-electron chi connectivity index (χ2n) is 6.49. The van der Waals surface area contributed by atoms with Gasteiger partial charge in [0, 0.05) is 11.5 Å². The van der Waals surface area contributed by atoms with E-state index in [1.165, 1.54) is 25.6 Å². The topological polar surface area (TPSA) is 78.8 Å². The summed E-state index contributed by atoms with van der Waals surface area (Å²) in [5.41, 5.74) is 0.736. The molecule has 154 valence electrons. The number of carbonyl (C=O) groups is 2. The fraction of sp³-hybridized carbons (Fsp3) is 0.300. The molecule has 0 aliphatic rings. The summed E-state index contributed by atoms with van der Waals surface area (Å²) in [5.74, 6) is 0.0362. The van der Waals surface area contributed by atoms with E-state index < -0.39 is 5.97 Å². The van der Waals surface area contributed by atoms with Gasteiger partial charge >= 0.3 is 5.97 Å². The van der Waals surface area contributed by atoms with Crippen molar-refractivity contribution in [1.29, 1.82) is 0 Å². The first-order chi connectivity index (χ1) is 13.8. The van der Waals surface area contributed by atoms with E-state index in [-0.39, 0.29) is 18.6 Å². The lowest BCUT2D eigenvalue weighted by Gasteiger charge is -2.15. The predicted molar refractivity (Wildman–Crippen MR) is 114 cm³/mol. The van der Waals surface area contributed by atoms with Crippen LogP contribution in [0.4, 0.5) is 5.69 Å². The molecule has 3 aromatic rings. The maximum Gasteiger partial charge on any atom is 0.355 e. The SMILES string of the molecule is COc1cc(OC)c(NC(=O)Cn2c(C(=O)OC(C)C)cc3ccsc32)cc1Cl. The number of esters is 1. The number of aromatic nitrogens is 1. The van der Waals surface area contributed by atoms with Gasteiger partial charge in [-0.1, -0.05) is 11.6 Å². The minimum Gasteiger partial charge on any atom is -0.495 e. The van der Waals surface area contributed by atoms with Gasteiger partial charge < -0.3 is 24.1 Å². The number of methoxy groups -OCH3 is 2. The van der Waals surface area contributed by atoms with Crippen LogP contribution in [0.2, 0.25) is 5.02 Å². The number of anilines is 1. The first kappa shape index (κ1) is 21.0. The van der Waals surface area contributed by atoms with Crippen LogP contribution in [0.25, 0.3) is 10.2 Å². The highest BCUT2D eigenvalue weighted by Gasteiger charge is 2.21. The molecule has 0 fully saturated rings. The second-order valence-corrected chi connectivity index (χ2v) is 7.79. The summed E-state index contributed by atoms with van der Waals surface area (Å²) in [5, 5.41) is 5.91. The number of ether oxygens (including phenoxy) is 3. The average Bonchev–Trinajstić information content (AvgIpc) is 3.24. The van der Waals surface area contributed by atoms with E-state index in [9.17, 15) is 9.59 Å². The van der Waals surface area contributed by atoms with E-state index in [0.717, 1.165) is 10.2 Å². The second kappa shape index (κ2) is 8.75. The Morgan fingerprint density at radius 2 is 1.90 bits per heavy atom. The van der Waals surface area contributed by atoms with Crippen molar-refractivity contribution in [1.82, 2.24) is 4.57 Å². The van der Waals surface area contributed by atoms with E-state index in [0.29, 0.717) is 27.9 Å².